The van der Waals surface area contributed by atoms with Gasteiger partial charge in [0.05, 0.1) is 41.0 Å². The molecule has 0 bridgehead atoms. The molecule has 1 amide bonds. The SMILES string of the molecule is COC(=O)C1=C(C)NC(SCC(N)=O)=C(C#N)[C@@H]1c1cccnc1. The molecule has 0 saturated heterocycles. The highest BCUT2D eigenvalue weighted by molar-refractivity contribution is 8.03. The lowest BCUT2D eigenvalue weighted by Gasteiger charge is -2.28. The first-order valence-electron chi connectivity index (χ1n) is 7.01. The Morgan fingerprint density at radius 2 is 2.29 bits per heavy atom. The van der Waals surface area contributed by atoms with Crippen LogP contribution in [-0.4, -0.2) is 29.7 Å². The first-order chi connectivity index (χ1) is 11.5. The van der Waals surface area contributed by atoms with E-state index in [4.69, 9.17) is 10.5 Å². The minimum Gasteiger partial charge on any atom is -0.466 e. The fourth-order valence-electron chi connectivity index (χ4n) is 2.43. The standard InChI is InChI=1S/C16H16N4O3S/c1-9-13(16(22)23-2)14(10-4-3-5-19-7-10)11(6-17)15(20-9)24-8-12(18)21/h3-5,7,14,20H,8H2,1-2H3,(H2,18,21)/t14-/m0/s1. The minimum absolute atomic E-state index is 0.0219. The first kappa shape index (κ1) is 17.6. The highest BCUT2D eigenvalue weighted by atomic mass is 32.2. The van der Waals surface area contributed by atoms with E-state index in [2.05, 4.69) is 16.4 Å². The van der Waals surface area contributed by atoms with Gasteiger partial charge in [0.15, 0.2) is 0 Å². The Labute approximate surface area is 143 Å². The lowest BCUT2D eigenvalue weighted by Crippen LogP contribution is -2.29. The van der Waals surface area contributed by atoms with Gasteiger partial charge in [-0.25, -0.2) is 4.79 Å². The van der Waals surface area contributed by atoms with E-state index in [1.165, 1.54) is 7.11 Å². The Kier molecular flexibility index (Phi) is 5.60. The van der Waals surface area contributed by atoms with Gasteiger partial charge >= 0.3 is 5.97 Å². The highest BCUT2D eigenvalue weighted by Crippen LogP contribution is 2.40. The number of nitriles is 1. The summed E-state index contributed by atoms with van der Waals surface area (Å²) in [6.45, 7) is 1.72. The van der Waals surface area contributed by atoms with Gasteiger partial charge in [-0.3, -0.25) is 9.78 Å². The van der Waals surface area contributed by atoms with Crippen molar-refractivity contribution in [2.24, 2.45) is 5.73 Å². The molecule has 8 heteroatoms. The molecule has 1 aliphatic heterocycles. The molecular formula is C16H16N4O3S. The van der Waals surface area contributed by atoms with Crippen LogP contribution in [0.15, 0.2) is 46.4 Å². The molecule has 0 spiro atoms. The molecule has 1 aromatic heterocycles. The normalized spacial score (nSPS) is 17.1. The number of rotatable bonds is 5. The second-order valence-electron chi connectivity index (χ2n) is 4.98. The summed E-state index contributed by atoms with van der Waals surface area (Å²) in [5.74, 6) is -1.62. The summed E-state index contributed by atoms with van der Waals surface area (Å²) in [5.41, 5.74) is 7.09. The summed E-state index contributed by atoms with van der Waals surface area (Å²) in [6, 6.07) is 5.64. The predicted molar refractivity (Wildman–Crippen MR) is 89.1 cm³/mol. The molecule has 1 aliphatic rings. The van der Waals surface area contributed by atoms with Gasteiger partial charge < -0.3 is 15.8 Å². The van der Waals surface area contributed by atoms with Crippen molar-refractivity contribution in [3.05, 3.63) is 52.0 Å². The lowest BCUT2D eigenvalue weighted by molar-refractivity contribution is -0.136. The fraction of sp³-hybridized carbons (Fsp3) is 0.250. The van der Waals surface area contributed by atoms with Gasteiger partial charge in [0.2, 0.25) is 5.91 Å². The number of hydrogen-bond donors (Lipinski definition) is 2. The molecule has 2 rings (SSSR count). The molecule has 124 valence electrons. The van der Waals surface area contributed by atoms with Crippen molar-refractivity contribution in [1.82, 2.24) is 10.3 Å². The van der Waals surface area contributed by atoms with Crippen molar-refractivity contribution in [2.75, 3.05) is 12.9 Å². The average Bonchev–Trinajstić information content (AvgIpc) is 2.59. The summed E-state index contributed by atoms with van der Waals surface area (Å²) in [7, 11) is 1.29. The van der Waals surface area contributed by atoms with Crippen molar-refractivity contribution in [3.63, 3.8) is 0 Å². The van der Waals surface area contributed by atoms with Gasteiger partial charge in [0.1, 0.15) is 0 Å². The second-order valence-corrected chi connectivity index (χ2v) is 5.97. The van der Waals surface area contributed by atoms with Crippen LogP contribution < -0.4 is 11.1 Å². The molecule has 7 nitrogen and oxygen atoms in total. The van der Waals surface area contributed by atoms with Crippen LogP contribution in [0.2, 0.25) is 0 Å². The third-order valence-electron chi connectivity index (χ3n) is 3.43. The van der Waals surface area contributed by atoms with E-state index in [0.29, 0.717) is 27.4 Å². The number of nitrogens with zero attached hydrogens (tertiary/aromatic N) is 2. The summed E-state index contributed by atoms with van der Waals surface area (Å²) in [6.07, 6.45) is 3.21. The van der Waals surface area contributed by atoms with Crippen molar-refractivity contribution in [3.8, 4) is 6.07 Å². The number of methoxy groups -OCH3 is 1. The van der Waals surface area contributed by atoms with Crippen molar-refractivity contribution >= 4 is 23.6 Å². The minimum atomic E-state index is -0.618. The maximum absolute atomic E-state index is 12.2. The van der Waals surface area contributed by atoms with Gasteiger partial charge in [-0.1, -0.05) is 17.8 Å². The Morgan fingerprint density at radius 3 is 2.83 bits per heavy atom. The summed E-state index contributed by atoms with van der Waals surface area (Å²) in [4.78, 5) is 27.4. The number of nitrogens with one attached hydrogen (secondary N) is 1. The van der Waals surface area contributed by atoms with Crippen molar-refractivity contribution in [2.45, 2.75) is 12.8 Å². The second kappa shape index (κ2) is 7.66. The van der Waals surface area contributed by atoms with Gasteiger partial charge in [0.25, 0.3) is 0 Å². The number of amides is 1. The number of pyridine rings is 1. The number of esters is 1. The number of primary amides is 1. The van der Waals surface area contributed by atoms with E-state index < -0.39 is 17.8 Å². The molecule has 0 unspecified atom stereocenters. The van der Waals surface area contributed by atoms with Gasteiger partial charge in [-0.05, 0) is 18.6 Å². The van der Waals surface area contributed by atoms with E-state index in [-0.39, 0.29) is 5.75 Å². The van der Waals surface area contributed by atoms with Crippen molar-refractivity contribution in [1.29, 1.82) is 5.26 Å². The molecule has 0 aliphatic carbocycles. The smallest absolute Gasteiger partial charge is 0.336 e. The van der Waals surface area contributed by atoms with Crippen LogP contribution in [0, 0.1) is 11.3 Å². The van der Waals surface area contributed by atoms with Crippen LogP contribution in [0.25, 0.3) is 0 Å². The van der Waals surface area contributed by atoms with E-state index in [1.54, 1.807) is 31.5 Å². The van der Waals surface area contributed by atoms with Crippen LogP contribution in [0.5, 0.6) is 0 Å². The molecule has 0 aromatic carbocycles. The highest BCUT2D eigenvalue weighted by Gasteiger charge is 2.35. The first-order valence-corrected chi connectivity index (χ1v) is 7.99. The average molecular weight is 344 g/mol. The van der Waals surface area contributed by atoms with Gasteiger partial charge in [-0.2, -0.15) is 5.26 Å². The third-order valence-corrected chi connectivity index (χ3v) is 4.47. The van der Waals surface area contributed by atoms with Crippen LogP contribution in [0.1, 0.15) is 18.4 Å². The number of thioether (sulfide) groups is 1. The van der Waals surface area contributed by atoms with Crippen molar-refractivity contribution < 1.29 is 14.3 Å². The number of hydrogen-bond acceptors (Lipinski definition) is 7. The summed E-state index contributed by atoms with van der Waals surface area (Å²) < 4.78 is 4.87. The van der Waals surface area contributed by atoms with Gasteiger partial charge in [-0.15, -0.1) is 0 Å². The summed E-state index contributed by atoms with van der Waals surface area (Å²) >= 11 is 1.13. The van der Waals surface area contributed by atoms with E-state index >= 15 is 0 Å². The number of carbonyl (C=O) groups excluding carboxylic acids is 2. The molecule has 1 atom stereocenters. The monoisotopic (exact) mass is 344 g/mol. The Hall–Kier alpha value is -2.79. The number of nitrogens with two attached hydrogens (primary N) is 1. The maximum atomic E-state index is 12.2. The number of ether oxygens (including phenoxy) is 1. The van der Waals surface area contributed by atoms with Crippen LogP contribution in [-0.2, 0) is 14.3 Å². The summed E-state index contributed by atoms with van der Waals surface area (Å²) in [5, 5.41) is 13.1. The number of carbonyl (C=O) groups is 2. The zero-order valence-corrected chi connectivity index (χ0v) is 14.0. The topological polar surface area (TPSA) is 118 Å². The van der Waals surface area contributed by atoms with E-state index in [9.17, 15) is 14.9 Å². The van der Waals surface area contributed by atoms with E-state index in [1.807, 2.05) is 0 Å². The largest absolute Gasteiger partial charge is 0.466 e. The predicted octanol–water partition coefficient (Wildman–Crippen LogP) is 1.17. The Bertz CT molecular complexity index is 765. The lowest BCUT2D eigenvalue weighted by atomic mass is 9.83. The zero-order chi connectivity index (χ0) is 17.7. The zero-order valence-electron chi connectivity index (χ0n) is 13.2. The van der Waals surface area contributed by atoms with Gasteiger partial charge in [0, 0.05) is 18.1 Å². The molecule has 0 radical (unpaired) electrons. The molecule has 24 heavy (non-hydrogen) atoms. The number of aromatic nitrogens is 1. The fourth-order valence-corrected chi connectivity index (χ4v) is 3.26. The van der Waals surface area contributed by atoms with Crippen LogP contribution in [0.4, 0.5) is 0 Å². The van der Waals surface area contributed by atoms with Crippen LogP contribution >= 0.6 is 11.8 Å². The number of allylic oxidation sites excluding steroid dienone is 2. The van der Waals surface area contributed by atoms with E-state index in [0.717, 1.165) is 11.8 Å². The molecular weight excluding hydrogens is 328 g/mol. The molecule has 3 N–H and O–H groups in total. The number of dihydropyridines is 1. The quantitative estimate of drug-likeness (QED) is 0.770. The Morgan fingerprint density at radius 1 is 1.54 bits per heavy atom. The molecule has 0 fully saturated rings. The molecule has 0 saturated carbocycles. The van der Waals surface area contributed by atoms with Crippen LogP contribution in [0.3, 0.4) is 0 Å². The molecule has 2 heterocycles. The third kappa shape index (κ3) is 3.58. The Balaban J connectivity index is 2.57. The maximum Gasteiger partial charge on any atom is 0.336 e. The molecule has 1 aromatic rings.